The van der Waals surface area contributed by atoms with Gasteiger partial charge in [-0.3, -0.25) is 9.79 Å². The van der Waals surface area contributed by atoms with Gasteiger partial charge in [-0.05, 0) is 39.7 Å². The van der Waals surface area contributed by atoms with Crippen LogP contribution in [-0.2, 0) is 6.54 Å². The largest absolute Gasteiger partial charge is 0.357 e. The van der Waals surface area contributed by atoms with Gasteiger partial charge in [-0.1, -0.05) is 6.07 Å². The maximum Gasteiger partial charge on any atom is 0.250 e. The lowest BCUT2D eigenvalue weighted by Gasteiger charge is -2.13. The highest BCUT2D eigenvalue weighted by Crippen LogP contribution is 1.94. The molecule has 0 aliphatic rings. The zero-order valence-corrected chi connectivity index (χ0v) is 12.7. The number of hydrogen-bond acceptors (Lipinski definition) is 2. The lowest BCUT2D eigenvalue weighted by Crippen LogP contribution is -2.41. The minimum Gasteiger partial charge on any atom is -0.357 e. The number of nitrogens with zero attached hydrogens (tertiary/aromatic N) is 2. The van der Waals surface area contributed by atoms with E-state index in [0.717, 1.165) is 38.4 Å². The highest BCUT2D eigenvalue weighted by molar-refractivity contribution is 5.79. The summed E-state index contributed by atoms with van der Waals surface area (Å²) in [5.41, 5.74) is 0.0609. The molecule has 5 heteroatoms. The van der Waals surface area contributed by atoms with E-state index in [4.69, 9.17) is 0 Å². The lowest BCUT2D eigenvalue weighted by molar-refractivity contribution is 0.596. The first kappa shape index (κ1) is 16.3. The fraction of sp³-hybridized carbons (Fsp3) is 0.600. The van der Waals surface area contributed by atoms with E-state index in [2.05, 4.69) is 36.4 Å². The van der Waals surface area contributed by atoms with Gasteiger partial charge in [0.25, 0.3) is 0 Å². The molecule has 0 aliphatic carbocycles. The van der Waals surface area contributed by atoms with Crippen molar-refractivity contribution in [2.24, 2.45) is 4.99 Å². The van der Waals surface area contributed by atoms with Crippen molar-refractivity contribution in [1.82, 2.24) is 15.2 Å². The summed E-state index contributed by atoms with van der Waals surface area (Å²) in [6.07, 6.45) is 3.75. The van der Waals surface area contributed by atoms with Gasteiger partial charge in [-0.25, -0.2) is 0 Å². The molecule has 0 fully saturated rings. The Kier molecular flexibility index (Phi) is 7.47. The van der Waals surface area contributed by atoms with Crippen LogP contribution in [0.1, 0.15) is 33.6 Å². The molecule has 0 aliphatic heterocycles. The topological polar surface area (TPSA) is 58.4 Å². The summed E-state index contributed by atoms with van der Waals surface area (Å²) in [5.74, 6) is 0.861. The smallest absolute Gasteiger partial charge is 0.250 e. The summed E-state index contributed by atoms with van der Waals surface area (Å²) in [4.78, 5) is 16.0. The molecular formula is C15H26N4O. The van der Waals surface area contributed by atoms with E-state index in [1.54, 1.807) is 16.7 Å². The van der Waals surface area contributed by atoms with E-state index < -0.39 is 0 Å². The molecule has 0 bridgehead atoms. The van der Waals surface area contributed by atoms with Crippen LogP contribution in [0, 0.1) is 0 Å². The van der Waals surface area contributed by atoms with E-state index in [-0.39, 0.29) is 5.56 Å². The van der Waals surface area contributed by atoms with Crippen LogP contribution < -0.4 is 16.2 Å². The molecule has 0 spiro atoms. The zero-order chi connectivity index (χ0) is 14.8. The molecule has 0 aromatic carbocycles. The standard InChI is InChI=1S/C15H26N4O/c1-4-16-15(18-13(2)3)17-10-6-8-12-19-11-7-5-9-14(19)20/h5,7,9,11,13H,4,6,8,10,12H2,1-3H3,(H2,16,17,18). The van der Waals surface area contributed by atoms with Crippen LogP contribution in [0.15, 0.2) is 34.2 Å². The number of aromatic nitrogens is 1. The van der Waals surface area contributed by atoms with E-state index in [1.165, 1.54) is 0 Å². The molecular weight excluding hydrogens is 252 g/mol. The number of nitrogens with one attached hydrogen (secondary N) is 2. The Bertz CT molecular complexity index is 465. The number of unbranched alkanes of at least 4 members (excludes halogenated alkanes) is 1. The van der Waals surface area contributed by atoms with Crippen LogP contribution in [0.2, 0.25) is 0 Å². The molecule has 0 saturated carbocycles. The van der Waals surface area contributed by atoms with Gasteiger partial charge in [-0.2, -0.15) is 0 Å². The summed E-state index contributed by atoms with van der Waals surface area (Å²) in [7, 11) is 0. The Balaban J connectivity index is 2.32. The number of guanidine groups is 1. The summed E-state index contributed by atoms with van der Waals surface area (Å²) in [5, 5.41) is 6.50. The highest BCUT2D eigenvalue weighted by atomic mass is 16.1. The minimum absolute atomic E-state index is 0.0609. The van der Waals surface area contributed by atoms with Crippen LogP contribution in [0.5, 0.6) is 0 Å². The van der Waals surface area contributed by atoms with Gasteiger partial charge >= 0.3 is 0 Å². The van der Waals surface area contributed by atoms with Gasteiger partial charge in [0.15, 0.2) is 5.96 Å². The Hall–Kier alpha value is -1.78. The summed E-state index contributed by atoms with van der Waals surface area (Å²) in [6, 6.07) is 5.61. The maximum atomic E-state index is 11.5. The highest BCUT2D eigenvalue weighted by Gasteiger charge is 1.99. The molecule has 20 heavy (non-hydrogen) atoms. The predicted molar refractivity (Wildman–Crippen MR) is 84.2 cm³/mol. The number of rotatable bonds is 7. The Labute approximate surface area is 121 Å². The number of hydrogen-bond donors (Lipinski definition) is 2. The molecule has 112 valence electrons. The van der Waals surface area contributed by atoms with Crippen molar-refractivity contribution in [3.63, 3.8) is 0 Å². The number of aryl methyl sites for hydroxylation is 1. The van der Waals surface area contributed by atoms with E-state index in [1.807, 2.05) is 12.3 Å². The fourth-order valence-electron chi connectivity index (χ4n) is 1.82. The molecule has 0 atom stereocenters. The molecule has 1 aromatic rings. The number of pyridine rings is 1. The first-order valence-corrected chi connectivity index (χ1v) is 7.33. The molecule has 1 aromatic heterocycles. The van der Waals surface area contributed by atoms with Crippen LogP contribution in [0.3, 0.4) is 0 Å². The van der Waals surface area contributed by atoms with Gasteiger partial charge in [0.05, 0.1) is 0 Å². The van der Waals surface area contributed by atoms with Gasteiger partial charge < -0.3 is 15.2 Å². The molecule has 1 rings (SSSR count). The van der Waals surface area contributed by atoms with E-state index in [0.29, 0.717) is 6.04 Å². The van der Waals surface area contributed by atoms with Crippen molar-refractivity contribution in [2.45, 2.75) is 46.2 Å². The third-order valence-electron chi connectivity index (χ3n) is 2.75. The molecule has 1 heterocycles. The van der Waals surface area contributed by atoms with Crippen molar-refractivity contribution in [2.75, 3.05) is 13.1 Å². The first-order valence-electron chi connectivity index (χ1n) is 7.33. The molecule has 5 nitrogen and oxygen atoms in total. The third-order valence-corrected chi connectivity index (χ3v) is 2.75. The van der Waals surface area contributed by atoms with Crippen LogP contribution in [0.25, 0.3) is 0 Å². The van der Waals surface area contributed by atoms with Crippen molar-refractivity contribution in [1.29, 1.82) is 0 Å². The summed E-state index contributed by atoms with van der Waals surface area (Å²) in [6.45, 7) is 8.62. The van der Waals surface area contributed by atoms with Crippen molar-refractivity contribution < 1.29 is 0 Å². The van der Waals surface area contributed by atoms with Gasteiger partial charge in [0.2, 0.25) is 5.56 Å². The normalized spacial score (nSPS) is 11.7. The monoisotopic (exact) mass is 278 g/mol. The molecule has 2 N–H and O–H groups in total. The van der Waals surface area contributed by atoms with Crippen molar-refractivity contribution in [3.8, 4) is 0 Å². The van der Waals surface area contributed by atoms with Crippen molar-refractivity contribution >= 4 is 5.96 Å². The van der Waals surface area contributed by atoms with Crippen molar-refractivity contribution in [3.05, 3.63) is 34.7 Å². The second kappa shape index (κ2) is 9.18. The van der Waals surface area contributed by atoms with Crippen LogP contribution in [-0.4, -0.2) is 29.7 Å². The average molecular weight is 278 g/mol. The first-order chi connectivity index (χ1) is 9.63. The van der Waals surface area contributed by atoms with Gasteiger partial charge in [-0.15, -0.1) is 0 Å². The van der Waals surface area contributed by atoms with Crippen LogP contribution >= 0.6 is 0 Å². The average Bonchev–Trinajstić information content (AvgIpc) is 2.40. The second-order valence-corrected chi connectivity index (χ2v) is 5.00. The SMILES string of the molecule is CCNC(=NCCCCn1ccccc1=O)NC(C)C. The van der Waals surface area contributed by atoms with E-state index in [9.17, 15) is 4.79 Å². The second-order valence-electron chi connectivity index (χ2n) is 5.00. The molecule has 0 saturated heterocycles. The summed E-state index contributed by atoms with van der Waals surface area (Å²) < 4.78 is 1.74. The maximum absolute atomic E-state index is 11.5. The lowest BCUT2D eigenvalue weighted by atomic mass is 10.3. The third kappa shape index (κ3) is 6.41. The van der Waals surface area contributed by atoms with E-state index >= 15 is 0 Å². The minimum atomic E-state index is 0.0609. The molecule has 0 amide bonds. The predicted octanol–water partition coefficient (Wildman–Crippen LogP) is 1.59. The summed E-state index contributed by atoms with van der Waals surface area (Å²) >= 11 is 0. The van der Waals surface area contributed by atoms with Gasteiger partial charge in [0.1, 0.15) is 0 Å². The Morgan fingerprint density at radius 1 is 1.35 bits per heavy atom. The molecule has 0 radical (unpaired) electrons. The quantitative estimate of drug-likeness (QED) is 0.452. The van der Waals surface area contributed by atoms with Gasteiger partial charge in [0, 0.05) is 37.9 Å². The Morgan fingerprint density at radius 3 is 2.80 bits per heavy atom. The molecule has 0 unspecified atom stereocenters. The fourth-order valence-corrected chi connectivity index (χ4v) is 1.82. The van der Waals surface area contributed by atoms with Crippen LogP contribution in [0.4, 0.5) is 0 Å². The zero-order valence-electron chi connectivity index (χ0n) is 12.7. The Morgan fingerprint density at radius 2 is 2.15 bits per heavy atom. The number of aliphatic imine (C=N–C) groups is 1.